The molecule has 120 valence electrons. The molecule has 23 heavy (non-hydrogen) atoms. The number of nitrogens with one attached hydrogen (secondary N) is 1. The molecule has 0 atom stereocenters. The molecule has 0 aliphatic heterocycles. The van der Waals surface area contributed by atoms with Crippen LogP contribution in [-0.2, 0) is 11.2 Å². The number of hydrogen-bond donors (Lipinski definition) is 2. The fraction of sp³-hybridized carbons (Fsp3) is 0.188. The van der Waals surface area contributed by atoms with Crippen molar-refractivity contribution >= 4 is 40.6 Å². The number of hydrogen-bond acceptors (Lipinski definition) is 4. The number of rotatable bonds is 6. The minimum absolute atomic E-state index is 0.0769. The number of carbonyl (C=O) groups is 2. The zero-order valence-corrected chi connectivity index (χ0v) is 13.6. The number of halogens is 2. The second-order valence-electron chi connectivity index (χ2n) is 4.78. The number of aliphatic hydroxyl groups excluding tert-OH is 1. The van der Waals surface area contributed by atoms with Gasteiger partial charge in [0.2, 0.25) is 0 Å². The van der Waals surface area contributed by atoms with Crippen molar-refractivity contribution in [1.29, 1.82) is 0 Å². The van der Waals surface area contributed by atoms with Crippen molar-refractivity contribution in [1.82, 2.24) is 4.98 Å². The monoisotopic (exact) mass is 352 g/mol. The third kappa shape index (κ3) is 4.76. The molecule has 1 aromatic carbocycles. The average Bonchev–Trinajstić information content (AvgIpc) is 2.47. The van der Waals surface area contributed by atoms with E-state index in [4.69, 9.17) is 28.3 Å². The molecular formula is C16H14Cl2N2O3. The van der Waals surface area contributed by atoms with E-state index in [0.29, 0.717) is 11.4 Å². The fourth-order valence-corrected chi connectivity index (χ4v) is 2.55. The topological polar surface area (TPSA) is 79.3 Å². The highest BCUT2D eigenvalue weighted by atomic mass is 35.5. The van der Waals surface area contributed by atoms with Crippen molar-refractivity contribution in [2.75, 3.05) is 11.9 Å². The van der Waals surface area contributed by atoms with Crippen molar-refractivity contribution in [2.45, 2.75) is 12.8 Å². The van der Waals surface area contributed by atoms with Crippen LogP contribution in [0.5, 0.6) is 0 Å². The molecule has 2 aromatic rings. The second-order valence-corrected chi connectivity index (χ2v) is 5.59. The second kappa shape index (κ2) is 8.06. The summed E-state index contributed by atoms with van der Waals surface area (Å²) in [5, 5.41) is 11.9. The van der Waals surface area contributed by atoms with Crippen molar-refractivity contribution < 1.29 is 14.7 Å². The Kier molecular flexibility index (Phi) is 6.10. The highest BCUT2D eigenvalue weighted by Crippen LogP contribution is 2.25. The first kappa shape index (κ1) is 17.4. The molecule has 0 spiro atoms. The van der Waals surface area contributed by atoms with Gasteiger partial charge in [-0.25, -0.2) is 0 Å². The van der Waals surface area contributed by atoms with Gasteiger partial charge in [-0.3, -0.25) is 14.6 Å². The Hall–Kier alpha value is -1.95. The number of Topliss-reactive ketones (excluding diaryl/α,β-unsaturated/α-hetero) is 1. The molecular weight excluding hydrogens is 339 g/mol. The van der Waals surface area contributed by atoms with Gasteiger partial charge in [-0.05, 0) is 24.3 Å². The Morgan fingerprint density at radius 2 is 1.87 bits per heavy atom. The van der Waals surface area contributed by atoms with Crippen molar-refractivity contribution in [2.24, 2.45) is 0 Å². The van der Waals surface area contributed by atoms with Crippen LogP contribution in [0.4, 0.5) is 5.69 Å². The summed E-state index contributed by atoms with van der Waals surface area (Å²) in [6, 6.07) is 8.00. The zero-order chi connectivity index (χ0) is 16.8. The van der Waals surface area contributed by atoms with E-state index < -0.39 is 5.91 Å². The zero-order valence-electron chi connectivity index (χ0n) is 12.1. The normalized spacial score (nSPS) is 10.4. The summed E-state index contributed by atoms with van der Waals surface area (Å²) in [5.41, 5.74) is 1.17. The van der Waals surface area contributed by atoms with Gasteiger partial charge in [-0.1, -0.05) is 29.3 Å². The van der Waals surface area contributed by atoms with E-state index in [-0.39, 0.29) is 40.8 Å². The molecule has 0 aliphatic carbocycles. The number of ketones is 1. The Morgan fingerprint density at radius 1 is 1.17 bits per heavy atom. The Labute approximate surface area is 143 Å². The molecule has 1 aromatic heterocycles. The van der Waals surface area contributed by atoms with Gasteiger partial charge in [-0.15, -0.1) is 0 Å². The van der Waals surface area contributed by atoms with Crippen LogP contribution in [0, 0.1) is 0 Å². The predicted octanol–water partition coefficient (Wildman–Crippen LogP) is 3.13. The minimum atomic E-state index is -0.445. The quantitative estimate of drug-likeness (QED) is 0.836. The number of nitrogens with zero attached hydrogens (tertiary/aromatic N) is 1. The number of pyridine rings is 1. The van der Waals surface area contributed by atoms with Crippen molar-refractivity contribution in [3.05, 3.63) is 57.8 Å². The van der Waals surface area contributed by atoms with Crippen LogP contribution in [0.2, 0.25) is 10.0 Å². The third-order valence-corrected chi connectivity index (χ3v) is 3.66. The fourth-order valence-electron chi connectivity index (χ4n) is 1.98. The maximum absolute atomic E-state index is 12.3. The highest BCUT2D eigenvalue weighted by Gasteiger charge is 2.15. The van der Waals surface area contributed by atoms with Gasteiger partial charge in [0.1, 0.15) is 5.78 Å². The van der Waals surface area contributed by atoms with Crippen LogP contribution >= 0.6 is 23.2 Å². The van der Waals surface area contributed by atoms with Gasteiger partial charge in [0.15, 0.2) is 0 Å². The molecule has 2 rings (SSSR count). The lowest BCUT2D eigenvalue weighted by atomic mass is 10.1. The maximum atomic E-state index is 12.3. The molecule has 1 amide bonds. The largest absolute Gasteiger partial charge is 0.396 e. The lowest BCUT2D eigenvalue weighted by molar-refractivity contribution is -0.119. The SMILES string of the molecule is O=C(CCO)Cc1cc(NC(=O)c2c(Cl)cccc2Cl)ccn1. The Balaban J connectivity index is 2.14. The molecule has 0 aliphatic rings. The minimum Gasteiger partial charge on any atom is -0.396 e. The van der Waals surface area contributed by atoms with Gasteiger partial charge in [0.05, 0.1) is 15.6 Å². The summed E-state index contributed by atoms with van der Waals surface area (Å²) in [4.78, 5) is 27.9. The van der Waals surface area contributed by atoms with Crippen LogP contribution in [0.1, 0.15) is 22.5 Å². The number of anilines is 1. The van der Waals surface area contributed by atoms with Crippen LogP contribution < -0.4 is 5.32 Å². The van der Waals surface area contributed by atoms with Gasteiger partial charge in [0.25, 0.3) is 5.91 Å². The molecule has 0 fully saturated rings. The van der Waals surface area contributed by atoms with E-state index >= 15 is 0 Å². The van der Waals surface area contributed by atoms with Crippen LogP contribution in [-0.4, -0.2) is 28.4 Å². The van der Waals surface area contributed by atoms with Crippen molar-refractivity contribution in [3.63, 3.8) is 0 Å². The molecule has 0 unspecified atom stereocenters. The molecule has 5 nitrogen and oxygen atoms in total. The van der Waals surface area contributed by atoms with Gasteiger partial charge >= 0.3 is 0 Å². The molecule has 7 heteroatoms. The summed E-state index contributed by atoms with van der Waals surface area (Å²) in [6.07, 6.45) is 1.66. The van der Waals surface area contributed by atoms with E-state index in [9.17, 15) is 9.59 Å². The van der Waals surface area contributed by atoms with E-state index in [1.54, 1.807) is 30.3 Å². The number of carbonyl (C=O) groups excluding carboxylic acids is 2. The van der Waals surface area contributed by atoms with Crippen LogP contribution in [0.25, 0.3) is 0 Å². The molecule has 0 radical (unpaired) electrons. The standard InChI is InChI=1S/C16H14Cl2N2O3/c17-13-2-1-3-14(18)15(13)16(23)20-10-4-6-19-11(8-10)9-12(22)5-7-21/h1-4,6,8,21H,5,7,9H2,(H,19,20,23). The van der Waals surface area contributed by atoms with Gasteiger partial charge in [-0.2, -0.15) is 0 Å². The summed E-state index contributed by atoms with van der Waals surface area (Å²) in [6.45, 7) is -0.194. The first-order valence-electron chi connectivity index (χ1n) is 6.84. The third-order valence-electron chi connectivity index (χ3n) is 3.03. The Bertz CT molecular complexity index is 715. The molecule has 0 saturated carbocycles. The van der Waals surface area contributed by atoms with E-state index in [1.165, 1.54) is 6.20 Å². The average molecular weight is 353 g/mol. The summed E-state index contributed by atoms with van der Waals surface area (Å²) in [7, 11) is 0. The predicted molar refractivity (Wildman–Crippen MR) is 89.1 cm³/mol. The van der Waals surface area contributed by atoms with Crippen LogP contribution in [0.15, 0.2) is 36.5 Å². The highest BCUT2D eigenvalue weighted by molar-refractivity contribution is 6.40. The van der Waals surface area contributed by atoms with Crippen LogP contribution in [0.3, 0.4) is 0 Å². The number of amides is 1. The van der Waals surface area contributed by atoms with E-state index in [0.717, 1.165) is 0 Å². The van der Waals surface area contributed by atoms with Crippen molar-refractivity contribution in [3.8, 4) is 0 Å². The molecule has 0 saturated heterocycles. The summed E-state index contributed by atoms with van der Waals surface area (Å²) in [5.74, 6) is -0.572. The molecule has 2 N–H and O–H groups in total. The van der Waals surface area contributed by atoms with E-state index in [2.05, 4.69) is 10.3 Å². The first-order valence-corrected chi connectivity index (χ1v) is 7.59. The smallest absolute Gasteiger partial charge is 0.258 e. The maximum Gasteiger partial charge on any atom is 0.258 e. The Morgan fingerprint density at radius 3 is 2.52 bits per heavy atom. The molecule has 0 bridgehead atoms. The first-order chi connectivity index (χ1) is 11.0. The number of benzene rings is 1. The van der Waals surface area contributed by atoms with Gasteiger partial charge < -0.3 is 10.4 Å². The molecule has 1 heterocycles. The number of aliphatic hydroxyl groups is 1. The van der Waals surface area contributed by atoms with E-state index in [1.807, 2.05) is 0 Å². The summed E-state index contributed by atoms with van der Waals surface area (Å²) < 4.78 is 0. The van der Waals surface area contributed by atoms with Gasteiger partial charge in [0, 0.05) is 37.0 Å². The lowest BCUT2D eigenvalue weighted by Crippen LogP contribution is -2.14. The number of aromatic nitrogens is 1. The lowest BCUT2D eigenvalue weighted by Gasteiger charge is -2.09. The summed E-state index contributed by atoms with van der Waals surface area (Å²) >= 11 is 12.0.